The van der Waals surface area contributed by atoms with Gasteiger partial charge < -0.3 is 0 Å². The van der Waals surface area contributed by atoms with Crippen molar-refractivity contribution in [2.45, 2.75) is 38.0 Å². The third kappa shape index (κ3) is 3.69. The van der Waals surface area contributed by atoms with Crippen molar-refractivity contribution in [3.63, 3.8) is 0 Å². The van der Waals surface area contributed by atoms with Gasteiger partial charge in [-0.1, -0.05) is 19.2 Å². The van der Waals surface area contributed by atoms with Crippen molar-refractivity contribution < 1.29 is 19.8 Å². The van der Waals surface area contributed by atoms with E-state index in [9.17, 15) is 8.42 Å². The fraction of sp³-hybridized carbons (Fsp3) is 1.00. The molecule has 0 aromatic heterocycles. The molecule has 0 aliphatic heterocycles. The maximum atomic E-state index is 10.6. The molecule has 1 aliphatic rings. The molecule has 1 atom stereocenters. The second-order valence-electron chi connectivity index (χ2n) is 2.21. The van der Waals surface area contributed by atoms with Gasteiger partial charge in [-0.3, -0.25) is 4.55 Å². The molecule has 0 bridgehead atoms. The minimum absolute atomic E-state index is 0.0895. The summed E-state index contributed by atoms with van der Waals surface area (Å²) in [4.78, 5) is 0. The van der Waals surface area contributed by atoms with E-state index in [1.807, 2.05) is 0 Å². The summed E-state index contributed by atoms with van der Waals surface area (Å²) in [5, 5.41) is 0. The normalized spacial score (nSPS) is 49.4. The zero-order chi connectivity index (χ0) is 12.8. The smallest absolute Gasteiger partial charge is 0.273 e. The van der Waals surface area contributed by atoms with E-state index >= 15 is 0 Å². The van der Waals surface area contributed by atoms with Gasteiger partial charge in [0.05, 0.1) is 0 Å². The first kappa shape index (κ1) is 4.20. The largest absolute Gasteiger partial charge is 0.333 e. The fourth-order valence-corrected chi connectivity index (χ4v) is 1.28. The van der Waals surface area contributed by atoms with Gasteiger partial charge in [-0.05, 0) is 12.8 Å². The molecule has 1 fully saturated rings. The van der Waals surface area contributed by atoms with Crippen molar-refractivity contribution >= 4 is 10.3 Å². The van der Waals surface area contributed by atoms with Crippen LogP contribution >= 0.6 is 0 Å². The molecule has 0 spiro atoms. The molecule has 1 aliphatic carbocycles. The Labute approximate surface area is 73.9 Å². The highest BCUT2D eigenvalue weighted by molar-refractivity contribution is 7.83. The molecular weight excluding hydrogens is 166 g/mol. The Balaban J connectivity index is 3.12. The molecule has 1 saturated carbocycles. The Morgan fingerprint density at radius 3 is 3.00 bits per heavy atom. The van der Waals surface area contributed by atoms with Crippen LogP contribution in [0.25, 0.3) is 0 Å². The average molecular weight is 184 g/mol. The van der Waals surface area contributed by atoms with E-state index in [1.54, 1.807) is 0 Å². The predicted octanol–water partition coefficient (Wildman–Crippen LogP) is 0.712. The van der Waals surface area contributed by atoms with Crippen LogP contribution in [0.1, 0.15) is 38.9 Å². The summed E-state index contributed by atoms with van der Waals surface area (Å²) in [5.41, 5.74) is 0. The van der Waals surface area contributed by atoms with E-state index in [1.165, 1.54) is 4.72 Å². The van der Waals surface area contributed by atoms with Crippen molar-refractivity contribution in [3.8, 4) is 0 Å². The van der Waals surface area contributed by atoms with Crippen LogP contribution < -0.4 is 4.72 Å². The van der Waals surface area contributed by atoms with Gasteiger partial charge in [0.2, 0.25) is 0 Å². The van der Waals surface area contributed by atoms with Crippen molar-refractivity contribution in [1.82, 2.24) is 4.72 Å². The third-order valence-electron chi connectivity index (χ3n) is 1.22. The minimum Gasteiger partial charge on any atom is -0.273 e. The standard InChI is InChI=1S/C6H13NO3S/c8-11(9,10)7-6-4-2-1-3-5-6/h6-7H,1-5H2,(H,8,9,10)/i2D2,4D2,6D. The molecule has 2 N–H and O–H groups in total. The van der Waals surface area contributed by atoms with E-state index < -0.39 is 29.1 Å². The Morgan fingerprint density at radius 2 is 2.36 bits per heavy atom. The predicted molar refractivity (Wildman–Crippen MR) is 41.6 cm³/mol. The minimum atomic E-state index is -4.75. The molecule has 0 aromatic rings. The van der Waals surface area contributed by atoms with Gasteiger partial charge in [0.15, 0.2) is 0 Å². The fourth-order valence-electron chi connectivity index (χ4n) is 0.817. The first-order valence-corrected chi connectivity index (χ1v) is 4.62. The van der Waals surface area contributed by atoms with Crippen LogP contribution in [0.15, 0.2) is 0 Å². The van der Waals surface area contributed by atoms with Gasteiger partial charge >= 0.3 is 10.3 Å². The second-order valence-corrected chi connectivity index (χ2v) is 3.37. The molecule has 1 rings (SSSR count). The first-order chi connectivity index (χ1) is 6.91. The summed E-state index contributed by atoms with van der Waals surface area (Å²) in [6, 6.07) is -2.39. The number of hydrogen-bond donors (Lipinski definition) is 2. The van der Waals surface area contributed by atoms with Crippen LogP contribution in [0.2, 0.25) is 0 Å². The van der Waals surface area contributed by atoms with Crippen molar-refractivity contribution in [2.75, 3.05) is 0 Å². The summed E-state index contributed by atoms with van der Waals surface area (Å²) in [6.45, 7) is 0. The third-order valence-corrected chi connectivity index (χ3v) is 1.72. The van der Waals surface area contributed by atoms with Crippen molar-refractivity contribution in [2.24, 2.45) is 0 Å². The lowest BCUT2D eigenvalue weighted by Gasteiger charge is -2.20. The molecule has 0 amide bonds. The van der Waals surface area contributed by atoms with Crippen LogP contribution in [0.3, 0.4) is 0 Å². The molecule has 4 nitrogen and oxygen atoms in total. The Bertz CT molecular complexity index is 384. The summed E-state index contributed by atoms with van der Waals surface area (Å²) >= 11 is 0. The molecule has 0 radical (unpaired) electrons. The van der Waals surface area contributed by atoms with E-state index in [4.69, 9.17) is 11.4 Å². The first-order valence-electron chi connectivity index (χ1n) is 5.68. The molecule has 66 valence electrons. The number of hydrogen-bond acceptors (Lipinski definition) is 2. The molecule has 0 heterocycles. The van der Waals surface area contributed by atoms with Crippen LogP contribution in [0, 0.1) is 0 Å². The van der Waals surface area contributed by atoms with Gasteiger partial charge in [-0.15, -0.1) is 0 Å². The second kappa shape index (κ2) is 3.51. The number of rotatable bonds is 2. The number of nitrogens with one attached hydrogen (secondary N) is 1. The molecule has 0 saturated heterocycles. The van der Waals surface area contributed by atoms with E-state index in [0.29, 0.717) is 0 Å². The highest BCUT2D eigenvalue weighted by Crippen LogP contribution is 2.17. The van der Waals surface area contributed by atoms with Gasteiger partial charge in [-0.2, -0.15) is 13.1 Å². The highest BCUT2D eigenvalue weighted by Gasteiger charge is 2.17. The SMILES string of the molecule is [2H]C1([2H])CCCC([2H])(NS(=O)(=O)O)C1([2H])[2H]. The zero-order valence-electron chi connectivity index (χ0n) is 10.8. The van der Waals surface area contributed by atoms with E-state index in [0.717, 1.165) is 0 Å². The quantitative estimate of drug-likeness (QED) is 0.621. The van der Waals surface area contributed by atoms with Gasteiger partial charge in [-0.25, -0.2) is 0 Å². The van der Waals surface area contributed by atoms with Crippen LogP contribution in [-0.2, 0) is 10.3 Å². The zero-order valence-corrected chi connectivity index (χ0v) is 6.61. The molecule has 1 unspecified atom stereocenters. The van der Waals surface area contributed by atoms with Crippen LogP contribution in [-0.4, -0.2) is 19.0 Å². The van der Waals surface area contributed by atoms with Crippen molar-refractivity contribution in [3.05, 3.63) is 0 Å². The van der Waals surface area contributed by atoms with E-state index in [-0.39, 0.29) is 19.3 Å². The monoisotopic (exact) mass is 184 g/mol. The maximum Gasteiger partial charge on any atom is 0.333 e. The summed E-state index contributed by atoms with van der Waals surface area (Å²) in [7, 11) is -4.75. The Hall–Kier alpha value is -0.130. The molecule has 0 aromatic carbocycles. The van der Waals surface area contributed by atoms with Crippen molar-refractivity contribution in [1.29, 1.82) is 0 Å². The highest BCUT2D eigenvalue weighted by atomic mass is 32.2. The van der Waals surface area contributed by atoms with E-state index in [2.05, 4.69) is 0 Å². The van der Waals surface area contributed by atoms with Gasteiger partial charge in [0.1, 0.15) is 0 Å². The lowest BCUT2D eigenvalue weighted by atomic mass is 9.96. The van der Waals surface area contributed by atoms with Gasteiger partial charge in [0.25, 0.3) is 0 Å². The van der Waals surface area contributed by atoms with Gasteiger partial charge in [0, 0.05) is 12.9 Å². The molecule has 5 heteroatoms. The Kier molecular flexibility index (Phi) is 1.34. The Morgan fingerprint density at radius 1 is 1.64 bits per heavy atom. The summed E-state index contributed by atoms with van der Waals surface area (Å²) in [6.07, 6.45) is -5.15. The lowest BCUT2D eigenvalue weighted by molar-refractivity contribution is 0.389. The summed E-state index contributed by atoms with van der Waals surface area (Å²) < 4.78 is 68.9. The summed E-state index contributed by atoms with van der Waals surface area (Å²) in [5.74, 6) is 0. The van der Waals surface area contributed by atoms with Crippen LogP contribution in [0.4, 0.5) is 0 Å². The lowest BCUT2D eigenvalue weighted by Crippen LogP contribution is -2.35. The maximum absolute atomic E-state index is 10.6. The average Bonchev–Trinajstić information content (AvgIpc) is 1.97. The van der Waals surface area contributed by atoms with Crippen LogP contribution in [0.5, 0.6) is 0 Å². The topological polar surface area (TPSA) is 66.4 Å². The molecule has 11 heavy (non-hydrogen) atoms. The molecular formula is C6H13NO3S.